The van der Waals surface area contributed by atoms with Crippen LogP contribution in [0.25, 0.3) is 0 Å². The molecule has 0 aliphatic carbocycles. The predicted octanol–water partition coefficient (Wildman–Crippen LogP) is 2.56. The second-order valence-corrected chi connectivity index (χ2v) is 7.72. The van der Waals surface area contributed by atoms with Crippen LogP contribution in [0.15, 0.2) is 47.5 Å². The fraction of sp³-hybridized carbons (Fsp3) is 0.417. The maximum atomic E-state index is 11.3. The topological polar surface area (TPSA) is 78.4 Å². The van der Waals surface area contributed by atoms with Crippen LogP contribution >= 0.6 is 0 Å². The molecule has 0 unspecified atom stereocenters. The third-order valence-corrected chi connectivity index (χ3v) is 5.46. The Morgan fingerprint density at radius 3 is 2.50 bits per heavy atom. The van der Waals surface area contributed by atoms with E-state index in [-0.39, 0.29) is 5.91 Å². The first-order valence-corrected chi connectivity index (χ1v) is 10.8. The molecule has 1 amide bonds. The van der Waals surface area contributed by atoms with Crippen molar-refractivity contribution in [2.45, 2.75) is 20.0 Å². The molecule has 2 aromatic carbocycles. The number of anilines is 1. The van der Waals surface area contributed by atoms with Crippen LogP contribution in [0.3, 0.4) is 0 Å². The molecule has 1 heterocycles. The number of methoxy groups -OCH3 is 2. The highest BCUT2D eigenvalue weighted by atomic mass is 16.5. The van der Waals surface area contributed by atoms with Crippen LogP contribution in [-0.2, 0) is 17.9 Å². The molecule has 0 spiro atoms. The lowest BCUT2D eigenvalue weighted by molar-refractivity contribution is -0.114. The molecule has 3 rings (SSSR count). The number of nitrogens with one attached hydrogen (secondary N) is 2. The Hall–Kier alpha value is -3.26. The summed E-state index contributed by atoms with van der Waals surface area (Å²) in [6, 6.07) is 13.7. The van der Waals surface area contributed by atoms with Crippen LogP contribution in [-0.4, -0.2) is 69.1 Å². The van der Waals surface area contributed by atoms with Crippen molar-refractivity contribution in [2.75, 3.05) is 52.8 Å². The zero-order chi connectivity index (χ0) is 22.9. The molecule has 8 heteroatoms. The van der Waals surface area contributed by atoms with Crippen molar-refractivity contribution in [2.24, 2.45) is 4.99 Å². The first-order valence-electron chi connectivity index (χ1n) is 10.8. The molecule has 1 fully saturated rings. The minimum absolute atomic E-state index is 0.0737. The summed E-state index contributed by atoms with van der Waals surface area (Å²) in [5, 5.41) is 6.26. The van der Waals surface area contributed by atoms with E-state index in [0.717, 1.165) is 67.0 Å². The number of benzene rings is 2. The molecular weight excluding hydrogens is 406 g/mol. The number of amides is 1. The van der Waals surface area contributed by atoms with Gasteiger partial charge in [-0.05, 0) is 35.9 Å². The smallest absolute Gasteiger partial charge is 0.221 e. The molecule has 0 saturated carbocycles. The molecule has 1 aliphatic rings. The number of carbonyl (C=O) groups excluding carboxylic acids is 1. The van der Waals surface area contributed by atoms with Gasteiger partial charge in [0.1, 0.15) is 11.5 Å². The van der Waals surface area contributed by atoms with E-state index in [1.54, 1.807) is 14.2 Å². The average molecular weight is 440 g/mol. The number of rotatable bonds is 7. The van der Waals surface area contributed by atoms with E-state index in [2.05, 4.69) is 25.4 Å². The van der Waals surface area contributed by atoms with Crippen LogP contribution in [0.5, 0.6) is 11.5 Å². The molecular formula is C24H33N5O3. The average Bonchev–Trinajstić information content (AvgIpc) is 2.80. The Balaban J connectivity index is 1.53. The highest BCUT2D eigenvalue weighted by molar-refractivity contribution is 5.88. The first kappa shape index (κ1) is 23.4. The van der Waals surface area contributed by atoms with Gasteiger partial charge in [0.15, 0.2) is 5.96 Å². The van der Waals surface area contributed by atoms with E-state index in [0.29, 0.717) is 6.54 Å². The molecule has 32 heavy (non-hydrogen) atoms. The quantitative estimate of drug-likeness (QED) is 0.510. The number of ether oxygens (including phenoxy) is 2. The largest absolute Gasteiger partial charge is 0.497 e. The molecule has 1 aliphatic heterocycles. The second kappa shape index (κ2) is 11.4. The van der Waals surface area contributed by atoms with Crippen molar-refractivity contribution in [1.29, 1.82) is 0 Å². The number of carbonyl (C=O) groups is 1. The Kier molecular flexibility index (Phi) is 8.33. The Labute approximate surface area is 190 Å². The van der Waals surface area contributed by atoms with Gasteiger partial charge in [-0.15, -0.1) is 0 Å². The summed E-state index contributed by atoms with van der Waals surface area (Å²) >= 11 is 0. The zero-order valence-corrected chi connectivity index (χ0v) is 19.4. The van der Waals surface area contributed by atoms with Gasteiger partial charge in [0, 0.05) is 64.5 Å². The Bertz CT molecular complexity index is 939. The van der Waals surface area contributed by atoms with Gasteiger partial charge >= 0.3 is 0 Å². The number of nitrogens with zero attached hydrogens (tertiary/aromatic N) is 3. The summed E-state index contributed by atoms with van der Waals surface area (Å²) in [5.41, 5.74) is 3.01. The lowest BCUT2D eigenvalue weighted by Crippen LogP contribution is -2.52. The van der Waals surface area contributed by atoms with Crippen molar-refractivity contribution < 1.29 is 14.3 Å². The van der Waals surface area contributed by atoms with E-state index in [1.165, 1.54) is 6.92 Å². The summed E-state index contributed by atoms with van der Waals surface area (Å²) in [7, 11) is 5.19. The SMILES string of the molecule is CN=C(NCc1cccc(NC(C)=O)c1)N1CCN(Cc2cc(OC)ccc2OC)CC1. The van der Waals surface area contributed by atoms with Crippen molar-refractivity contribution in [3.05, 3.63) is 53.6 Å². The van der Waals surface area contributed by atoms with Gasteiger partial charge in [0.25, 0.3) is 0 Å². The van der Waals surface area contributed by atoms with Gasteiger partial charge in [0.2, 0.25) is 5.91 Å². The van der Waals surface area contributed by atoms with E-state index in [4.69, 9.17) is 9.47 Å². The third kappa shape index (κ3) is 6.37. The van der Waals surface area contributed by atoms with E-state index < -0.39 is 0 Å². The zero-order valence-electron chi connectivity index (χ0n) is 19.4. The van der Waals surface area contributed by atoms with E-state index in [1.807, 2.05) is 49.5 Å². The van der Waals surface area contributed by atoms with Gasteiger partial charge in [-0.2, -0.15) is 0 Å². The van der Waals surface area contributed by atoms with E-state index >= 15 is 0 Å². The molecule has 2 N–H and O–H groups in total. The molecule has 0 atom stereocenters. The summed E-state index contributed by atoms with van der Waals surface area (Å²) in [4.78, 5) is 20.4. The molecule has 2 aromatic rings. The number of hydrogen-bond acceptors (Lipinski definition) is 5. The van der Waals surface area contributed by atoms with Crippen LogP contribution in [0.2, 0.25) is 0 Å². The Morgan fingerprint density at radius 1 is 1.06 bits per heavy atom. The monoisotopic (exact) mass is 439 g/mol. The normalized spacial score (nSPS) is 14.8. The minimum Gasteiger partial charge on any atom is -0.497 e. The highest BCUT2D eigenvalue weighted by Gasteiger charge is 2.21. The van der Waals surface area contributed by atoms with Crippen LogP contribution < -0.4 is 20.1 Å². The minimum atomic E-state index is -0.0737. The van der Waals surface area contributed by atoms with Gasteiger partial charge < -0.3 is 25.0 Å². The summed E-state index contributed by atoms with van der Waals surface area (Å²) in [6.45, 7) is 6.60. The van der Waals surface area contributed by atoms with Gasteiger partial charge in [-0.1, -0.05) is 12.1 Å². The summed E-state index contributed by atoms with van der Waals surface area (Å²) in [6.07, 6.45) is 0. The van der Waals surface area contributed by atoms with Crippen molar-refractivity contribution in [3.8, 4) is 11.5 Å². The van der Waals surface area contributed by atoms with Gasteiger partial charge in [-0.25, -0.2) is 0 Å². The number of hydrogen-bond donors (Lipinski definition) is 2. The number of aliphatic imine (C=N–C) groups is 1. The van der Waals surface area contributed by atoms with Crippen molar-refractivity contribution >= 4 is 17.6 Å². The highest BCUT2D eigenvalue weighted by Crippen LogP contribution is 2.25. The molecule has 0 bridgehead atoms. The molecule has 0 radical (unpaired) electrons. The molecule has 172 valence electrons. The summed E-state index contributed by atoms with van der Waals surface area (Å²) in [5.74, 6) is 2.53. The summed E-state index contributed by atoms with van der Waals surface area (Å²) < 4.78 is 10.9. The second-order valence-electron chi connectivity index (χ2n) is 7.72. The maximum Gasteiger partial charge on any atom is 0.221 e. The first-order chi connectivity index (χ1) is 15.5. The van der Waals surface area contributed by atoms with Gasteiger partial charge in [0.05, 0.1) is 14.2 Å². The van der Waals surface area contributed by atoms with Crippen LogP contribution in [0.4, 0.5) is 5.69 Å². The lowest BCUT2D eigenvalue weighted by atomic mass is 10.1. The molecule has 1 saturated heterocycles. The molecule has 0 aromatic heterocycles. The predicted molar refractivity (Wildman–Crippen MR) is 127 cm³/mol. The van der Waals surface area contributed by atoms with E-state index in [9.17, 15) is 4.79 Å². The molecule has 8 nitrogen and oxygen atoms in total. The van der Waals surface area contributed by atoms with Crippen LogP contribution in [0, 0.1) is 0 Å². The fourth-order valence-corrected chi connectivity index (χ4v) is 3.84. The third-order valence-electron chi connectivity index (χ3n) is 5.46. The van der Waals surface area contributed by atoms with Crippen molar-refractivity contribution in [1.82, 2.24) is 15.1 Å². The van der Waals surface area contributed by atoms with Crippen LogP contribution in [0.1, 0.15) is 18.1 Å². The fourth-order valence-electron chi connectivity index (χ4n) is 3.84. The van der Waals surface area contributed by atoms with Gasteiger partial charge in [-0.3, -0.25) is 14.7 Å². The maximum absolute atomic E-state index is 11.3. The van der Waals surface area contributed by atoms with Crippen molar-refractivity contribution in [3.63, 3.8) is 0 Å². The Morgan fingerprint density at radius 2 is 1.84 bits per heavy atom. The number of guanidine groups is 1. The lowest BCUT2D eigenvalue weighted by Gasteiger charge is -2.36. The standard InChI is InChI=1S/C24H33N5O3/c1-18(30)27-21-7-5-6-19(14-21)16-26-24(25-2)29-12-10-28(11-13-29)17-20-15-22(31-3)8-9-23(20)32-4/h5-9,14-15H,10-13,16-17H2,1-4H3,(H,25,26)(H,27,30). The number of piperazine rings is 1.